The highest BCUT2D eigenvalue weighted by Crippen LogP contribution is 2.20. The second-order valence-corrected chi connectivity index (χ2v) is 8.60. The van der Waals surface area contributed by atoms with E-state index < -0.39 is 14.6 Å². The van der Waals surface area contributed by atoms with Gasteiger partial charge < -0.3 is 9.64 Å². The fourth-order valence-corrected chi connectivity index (χ4v) is 3.06. The van der Waals surface area contributed by atoms with Gasteiger partial charge in [0.2, 0.25) is 0 Å². The van der Waals surface area contributed by atoms with E-state index in [0.717, 1.165) is 13.0 Å². The van der Waals surface area contributed by atoms with Crippen LogP contribution in [0.4, 0.5) is 0 Å². The number of hydrogen-bond donors (Lipinski definition) is 0. The van der Waals surface area contributed by atoms with Gasteiger partial charge in [0.1, 0.15) is 0 Å². The lowest BCUT2D eigenvalue weighted by Gasteiger charge is -2.22. The van der Waals surface area contributed by atoms with Crippen molar-refractivity contribution in [1.82, 2.24) is 4.90 Å². The third-order valence-corrected chi connectivity index (χ3v) is 6.00. The largest absolute Gasteiger partial charge is 0.469 e. The molecular formula is C12H23NO4S. The Morgan fingerprint density at radius 1 is 1.39 bits per heavy atom. The Labute approximate surface area is 109 Å². The highest BCUT2D eigenvalue weighted by atomic mass is 32.2. The minimum atomic E-state index is -3.09. The molecule has 0 bridgehead atoms. The number of ether oxygens (including phenoxy) is 1. The molecule has 0 aromatic rings. The molecule has 0 amide bonds. The first-order valence-corrected chi connectivity index (χ1v) is 7.85. The number of likely N-dealkylation sites (tertiary alicyclic amines) is 1. The summed E-state index contributed by atoms with van der Waals surface area (Å²) in [6.07, 6.45) is 0.752. The average molecular weight is 277 g/mol. The normalized spacial score (nSPS) is 22.1. The van der Waals surface area contributed by atoms with Gasteiger partial charge in [0.25, 0.3) is 0 Å². The van der Waals surface area contributed by atoms with E-state index in [2.05, 4.69) is 0 Å². The van der Waals surface area contributed by atoms with Crippen LogP contribution >= 0.6 is 0 Å². The van der Waals surface area contributed by atoms with E-state index in [1.54, 1.807) is 20.8 Å². The number of carbonyl (C=O) groups excluding carboxylic acids is 1. The van der Waals surface area contributed by atoms with Crippen LogP contribution in [-0.4, -0.2) is 56.5 Å². The molecule has 1 saturated heterocycles. The third kappa shape index (κ3) is 3.68. The van der Waals surface area contributed by atoms with Crippen LogP contribution in [0, 0.1) is 5.92 Å². The monoisotopic (exact) mass is 277 g/mol. The van der Waals surface area contributed by atoms with Gasteiger partial charge in [0.15, 0.2) is 9.84 Å². The van der Waals surface area contributed by atoms with Crippen molar-refractivity contribution in [2.45, 2.75) is 31.9 Å². The van der Waals surface area contributed by atoms with Crippen molar-refractivity contribution in [2.75, 3.05) is 32.5 Å². The number of rotatable bonds is 4. The molecule has 0 aliphatic carbocycles. The molecule has 0 radical (unpaired) electrons. The number of hydrogen-bond acceptors (Lipinski definition) is 5. The van der Waals surface area contributed by atoms with Crippen molar-refractivity contribution in [1.29, 1.82) is 0 Å². The van der Waals surface area contributed by atoms with Gasteiger partial charge in [-0.2, -0.15) is 0 Å². The Balaban J connectivity index is 2.46. The molecule has 0 N–H and O–H groups in total. The lowest BCUT2D eigenvalue weighted by Crippen LogP contribution is -2.36. The van der Waals surface area contributed by atoms with E-state index in [1.807, 2.05) is 4.90 Å². The van der Waals surface area contributed by atoms with Crippen LogP contribution in [0.1, 0.15) is 27.2 Å². The summed E-state index contributed by atoms with van der Waals surface area (Å²) in [5, 5.41) is 0. The average Bonchev–Trinajstić information content (AvgIpc) is 2.72. The maximum absolute atomic E-state index is 12.0. The van der Waals surface area contributed by atoms with E-state index in [4.69, 9.17) is 4.74 Å². The van der Waals surface area contributed by atoms with E-state index in [-0.39, 0.29) is 17.6 Å². The minimum absolute atomic E-state index is 0.104. The minimum Gasteiger partial charge on any atom is -0.469 e. The first-order valence-electron chi connectivity index (χ1n) is 6.20. The van der Waals surface area contributed by atoms with Gasteiger partial charge in [-0.15, -0.1) is 0 Å². The zero-order valence-electron chi connectivity index (χ0n) is 11.6. The summed E-state index contributed by atoms with van der Waals surface area (Å²) in [6, 6.07) is 0. The molecule has 18 heavy (non-hydrogen) atoms. The summed E-state index contributed by atoms with van der Waals surface area (Å²) in [5.41, 5.74) is 0. The molecule has 5 nitrogen and oxygen atoms in total. The van der Waals surface area contributed by atoms with Gasteiger partial charge in [-0.25, -0.2) is 8.42 Å². The van der Waals surface area contributed by atoms with Crippen molar-refractivity contribution in [3.63, 3.8) is 0 Å². The zero-order valence-corrected chi connectivity index (χ0v) is 12.4. The van der Waals surface area contributed by atoms with Crippen LogP contribution in [0.2, 0.25) is 0 Å². The molecule has 1 heterocycles. The number of carbonyl (C=O) groups is 1. The van der Waals surface area contributed by atoms with Crippen molar-refractivity contribution >= 4 is 15.8 Å². The van der Waals surface area contributed by atoms with Gasteiger partial charge in [0, 0.05) is 13.1 Å². The van der Waals surface area contributed by atoms with Crippen molar-refractivity contribution in [2.24, 2.45) is 5.92 Å². The smallest absolute Gasteiger partial charge is 0.310 e. The fourth-order valence-electron chi connectivity index (χ4n) is 1.95. The molecular weight excluding hydrogens is 254 g/mol. The second kappa shape index (κ2) is 5.57. The molecule has 1 aliphatic rings. The van der Waals surface area contributed by atoms with Crippen molar-refractivity contribution in [3.8, 4) is 0 Å². The predicted octanol–water partition coefficient (Wildman–Crippen LogP) is 0.695. The second-order valence-electron chi connectivity index (χ2n) is 5.74. The lowest BCUT2D eigenvalue weighted by atomic mass is 10.1. The Morgan fingerprint density at radius 3 is 2.50 bits per heavy atom. The number of nitrogens with zero attached hydrogens (tertiary/aromatic N) is 1. The standard InChI is InChI=1S/C12H23NO4S/c1-12(2,3)18(15,16)8-7-13-6-5-10(9-13)11(14)17-4/h10H,5-9H2,1-4H3. The van der Waals surface area contributed by atoms with Gasteiger partial charge in [0.05, 0.1) is 23.5 Å². The summed E-state index contributed by atoms with van der Waals surface area (Å²) in [4.78, 5) is 13.4. The summed E-state index contributed by atoms with van der Waals surface area (Å²) < 4.78 is 27.9. The quantitative estimate of drug-likeness (QED) is 0.708. The number of esters is 1. The van der Waals surface area contributed by atoms with Crippen LogP contribution < -0.4 is 0 Å². The third-order valence-electron chi connectivity index (χ3n) is 3.42. The van der Waals surface area contributed by atoms with Crippen LogP contribution in [-0.2, 0) is 19.4 Å². The molecule has 106 valence electrons. The molecule has 1 aliphatic heterocycles. The number of methoxy groups -OCH3 is 1. The van der Waals surface area contributed by atoms with Crippen LogP contribution in [0.5, 0.6) is 0 Å². The lowest BCUT2D eigenvalue weighted by molar-refractivity contribution is -0.144. The van der Waals surface area contributed by atoms with Gasteiger partial charge >= 0.3 is 5.97 Å². The molecule has 6 heteroatoms. The fraction of sp³-hybridized carbons (Fsp3) is 0.917. The maximum atomic E-state index is 12.0. The molecule has 0 aromatic heterocycles. The molecule has 0 spiro atoms. The molecule has 0 saturated carbocycles. The first kappa shape index (κ1) is 15.4. The summed E-state index contributed by atoms with van der Waals surface area (Å²) in [6.45, 7) is 7.00. The Bertz CT molecular complexity index is 397. The van der Waals surface area contributed by atoms with Crippen LogP contribution in [0.15, 0.2) is 0 Å². The van der Waals surface area contributed by atoms with Gasteiger partial charge in [-0.3, -0.25) is 4.79 Å². The van der Waals surface area contributed by atoms with E-state index in [0.29, 0.717) is 13.1 Å². The number of sulfone groups is 1. The van der Waals surface area contributed by atoms with Crippen LogP contribution in [0.3, 0.4) is 0 Å². The summed E-state index contributed by atoms with van der Waals surface area (Å²) in [7, 11) is -1.70. The zero-order chi connectivity index (χ0) is 14.0. The molecule has 0 aromatic carbocycles. The van der Waals surface area contributed by atoms with E-state index in [1.165, 1.54) is 7.11 Å². The first-order chi connectivity index (χ1) is 8.17. The highest BCUT2D eigenvalue weighted by Gasteiger charge is 2.32. The van der Waals surface area contributed by atoms with Crippen LogP contribution in [0.25, 0.3) is 0 Å². The highest BCUT2D eigenvalue weighted by molar-refractivity contribution is 7.92. The molecule has 1 rings (SSSR count). The molecule has 1 unspecified atom stereocenters. The van der Waals surface area contributed by atoms with E-state index in [9.17, 15) is 13.2 Å². The summed E-state index contributed by atoms with van der Waals surface area (Å²) in [5.74, 6) is -0.159. The molecule has 1 atom stereocenters. The Hall–Kier alpha value is -0.620. The van der Waals surface area contributed by atoms with Gasteiger partial charge in [-0.1, -0.05) is 0 Å². The van der Waals surface area contributed by atoms with E-state index >= 15 is 0 Å². The maximum Gasteiger partial charge on any atom is 0.310 e. The Morgan fingerprint density at radius 2 is 2.00 bits per heavy atom. The van der Waals surface area contributed by atoms with Crippen molar-refractivity contribution in [3.05, 3.63) is 0 Å². The van der Waals surface area contributed by atoms with Gasteiger partial charge in [-0.05, 0) is 33.7 Å². The topological polar surface area (TPSA) is 63.7 Å². The van der Waals surface area contributed by atoms with Crippen molar-refractivity contribution < 1.29 is 17.9 Å². The summed E-state index contributed by atoms with van der Waals surface area (Å²) >= 11 is 0. The molecule has 1 fully saturated rings. The SMILES string of the molecule is COC(=O)C1CCN(CCS(=O)(=O)C(C)(C)C)C1. The Kier molecular flexibility index (Phi) is 4.78. The predicted molar refractivity (Wildman–Crippen MR) is 70.1 cm³/mol.